The van der Waals surface area contributed by atoms with Gasteiger partial charge in [-0.1, -0.05) is 12.1 Å². The Balaban J connectivity index is 0.00000392. The number of ether oxygens (including phenoxy) is 1. The minimum absolute atomic E-state index is 0. The number of hydrogen-bond donors (Lipinski definition) is 2. The number of hydrogen-bond acceptors (Lipinski definition) is 5. The van der Waals surface area contributed by atoms with Gasteiger partial charge in [0.1, 0.15) is 5.75 Å². The molecule has 0 spiro atoms. The van der Waals surface area contributed by atoms with Crippen LogP contribution in [0.4, 0.5) is 0 Å². The van der Waals surface area contributed by atoms with Crippen molar-refractivity contribution in [3.8, 4) is 5.75 Å². The number of aryl methyl sites for hydroxylation is 1. The number of halogens is 1. The monoisotopic (exact) mass is 542 g/mol. The van der Waals surface area contributed by atoms with E-state index in [2.05, 4.69) is 21.7 Å². The second-order valence-electron chi connectivity index (χ2n) is 6.31. The fraction of sp³-hybridized carbons (Fsp3) is 0.611. The van der Waals surface area contributed by atoms with Gasteiger partial charge in [-0.3, -0.25) is 4.99 Å². The number of sulfonamides is 1. The molecule has 10 heteroatoms. The van der Waals surface area contributed by atoms with Crippen LogP contribution in [0.3, 0.4) is 0 Å². The van der Waals surface area contributed by atoms with E-state index in [0.29, 0.717) is 32.1 Å². The van der Waals surface area contributed by atoms with Gasteiger partial charge in [0.25, 0.3) is 0 Å². The van der Waals surface area contributed by atoms with Crippen molar-refractivity contribution >= 4 is 51.7 Å². The van der Waals surface area contributed by atoms with Gasteiger partial charge in [0.2, 0.25) is 10.0 Å². The van der Waals surface area contributed by atoms with Gasteiger partial charge >= 0.3 is 0 Å². The van der Waals surface area contributed by atoms with Gasteiger partial charge in [0.15, 0.2) is 5.96 Å². The number of thioether (sulfide) groups is 1. The molecule has 1 aliphatic heterocycles. The Morgan fingerprint density at radius 3 is 2.57 bits per heavy atom. The number of benzene rings is 1. The molecule has 2 rings (SSSR count). The lowest BCUT2D eigenvalue weighted by atomic mass is 10.1. The molecule has 0 atom stereocenters. The summed E-state index contributed by atoms with van der Waals surface area (Å²) in [6.07, 6.45) is 0.821. The Kier molecular flexibility index (Phi) is 11.5. The van der Waals surface area contributed by atoms with Crippen molar-refractivity contribution in [3.05, 3.63) is 29.3 Å². The summed E-state index contributed by atoms with van der Waals surface area (Å²) in [6.45, 7) is 4.27. The van der Waals surface area contributed by atoms with Crippen LogP contribution < -0.4 is 15.4 Å². The topological polar surface area (TPSA) is 83.0 Å². The summed E-state index contributed by atoms with van der Waals surface area (Å²) in [7, 11) is 0.153. The molecule has 7 nitrogen and oxygen atoms in total. The molecule has 1 aromatic carbocycles. The third-order valence-corrected chi connectivity index (χ3v) is 7.23. The molecule has 2 N–H and O–H groups in total. The van der Waals surface area contributed by atoms with E-state index in [4.69, 9.17) is 4.74 Å². The zero-order chi connectivity index (χ0) is 19.7. The fourth-order valence-corrected chi connectivity index (χ4v) is 5.31. The van der Waals surface area contributed by atoms with Crippen molar-refractivity contribution in [2.24, 2.45) is 4.99 Å². The summed E-state index contributed by atoms with van der Waals surface area (Å²) in [6, 6.07) is 6.17. The van der Waals surface area contributed by atoms with E-state index >= 15 is 0 Å². The van der Waals surface area contributed by atoms with Crippen LogP contribution in [0, 0.1) is 6.92 Å². The predicted molar refractivity (Wildman–Crippen MR) is 129 cm³/mol. The molecule has 1 aliphatic rings. The summed E-state index contributed by atoms with van der Waals surface area (Å²) >= 11 is 1.80. The number of rotatable bonds is 8. The van der Waals surface area contributed by atoms with Crippen molar-refractivity contribution in [1.29, 1.82) is 0 Å². The lowest BCUT2D eigenvalue weighted by Gasteiger charge is -2.25. The fourth-order valence-electron chi connectivity index (χ4n) is 2.82. The average Bonchev–Trinajstić information content (AvgIpc) is 2.68. The van der Waals surface area contributed by atoms with Crippen LogP contribution in [0.15, 0.2) is 23.2 Å². The summed E-state index contributed by atoms with van der Waals surface area (Å²) < 4.78 is 31.6. The van der Waals surface area contributed by atoms with Crippen LogP contribution in [-0.4, -0.2) is 76.3 Å². The summed E-state index contributed by atoms with van der Waals surface area (Å²) in [5, 5.41) is 6.31. The molecule has 160 valence electrons. The zero-order valence-corrected chi connectivity index (χ0v) is 20.7. The van der Waals surface area contributed by atoms with Crippen molar-refractivity contribution < 1.29 is 13.2 Å². The highest BCUT2D eigenvalue weighted by Gasteiger charge is 2.23. The Morgan fingerprint density at radius 2 is 1.93 bits per heavy atom. The van der Waals surface area contributed by atoms with E-state index in [1.165, 1.54) is 5.56 Å². The van der Waals surface area contributed by atoms with Crippen LogP contribution in [0.2, 0.25) is 0 Å². The van der Waals surface area contributed by atoms with E-state index in [9.17, 15) is 8.42 Å². The first-order valence-electron chi connectivity index (χ1n) is 9.10. The highest BCUT2D eigenvalue weighted by Crippen LogP contribution is 2.19. The quantitative estimate of drug-likeness (QED) is 0.296. The molecule has 0 radical (unpaired) electrons. The van der Waals surface area contributed by atoms with Gasteiger partial charge in [0.05, 0.1) is 12.9 Å². The van der Waals surface area contributed by atoms with Crippen molar-refractivity contribution in [3.63, 3.8) is 0 Å². The van der Waals surface area contributed by atoms with E-state index in [-0.39, 0.29) is 29.7 Å². The van der Waals surface area contributed by atoms with Gasteiger partial charge in [-0.25, -0.2) is 12.7 Å². The van der Waals surface area contributed by atoms with Crippen LogP contribution in [-0.2, 0) is 16.4 Å². The highest BCUT2D eigenvalue weighted by atomic mass is 127. The standard InChI is InChI=1S/C18H30N4O3S2.HI/c1-15-4-5-16(14-17(15)25-3)6-7-20-18(19-2)21-8-13-27(23,24)22-9-11-26-12-10-22;/h4-5,14H,6-13H2,1-3H3,(H2,19,20,21);1H. The van der Waals surface area contributed by atoms with Crippen molar-refractivity contribution in [1.82, 2.24) is 14.9 Å². The number of aliphatic imine (C=N–C) groups is 1. The van der Waals surface area contributed by atoms with Crippen LogP contribution in [0.5, 0.6) is 5.75 Å². The molecule has 1 saturated heterocycles. The maximum Gasteiger partial charge on any atom is 0.215 e. The third-order valence-electron chi connectivity index (χ3n) is 4.42. The molecule has 1 heterocycles. The smallest absolute Gasteiger partial charge is 0.215 e. The van der Waals surface area contributed by atoms with Gasteiger partial charge in [0, 0.05) is 44.7 Å². The number of nitrogens with one attached hydrogen (secondary N) is 2. The molecule has 0 unspecified atom stereocenters. The molecule has 1 aromatic rings. The summed E-state index contributed by atoms with van der Waals surface area (Å²) in [4.78, 5) is 4.16. The molecule has 0 bridgehead atoms. The summed E-state index contributed by atoms with van der Waals surface area (Å²) in [5.41, 5.74) is 2.28. The summed E-state index contributed by atoms with van der Waals surface area (Å²) in [5.74, 6) is 3.32. The number of guanidine groups is 1. The van der Waals surface area contributed by atoms with Gasteiger partial charge in [-0.2, -0.15) is 11.8 Å². The first-order valence-corrected chi connectivity index (χ1v) is 11.9. The van der Waals surface area contributed by atoms with Crippen molar-refractivity contribution in [2.45, 2.75) is 13.3 Å². The Hall–Kier alpha value is -0.720. The molecular formula is C18H31IN4O3S2. The number of nitrogens with zero attached hydrogens (tertiary/aromatic N) is 2. The maximum absolute atomic E-state index is 12.3. The first-order chi connectivity index (χ1) is 13.0. The second-order valence-corrected chi connectivity index (χ2v) is 9.62. The van der Waals surface area contributed by atoms with E-state index < -0.39 is 10.0 Å². The van der Waals surface area contributed by atoms with Gasteiger partial charge in [-0.15, -0.1) is 24.0 Å². The lowest BCUT2D eigenvalue weighted by Crippen LogP contribution is -2.44. The van der Waals surface area contributed by atoms with E-state index in [1.807, 2.05) is 19.1 Å². The third kappa shape index (κ3) is 7.96. The lowest BCUT2D eigenvalue weighted by molar-refractivity contribution is 0.411. The van der Waals surface area contributed by atoms with Crippen LogP contribution >= 0.6 is 35.7 Å². The normalized spacial score (nSPS) is 15.6. The second kappa shape index (κ2) is 12.8. The number of methoxy groups -OCH3 is 1. The Morgan fingerprint density at radius 1 is 1.25 bits per heavy atom. The highest BCUT2D eigenvalue weighted by molar-refractivity contribution is 14.0. The minimum Gasteiger partial charge on any atom is -0.496 e. The SMILES string of the molecule is CN=C(NCCc1ccc(C)c(OC)c1)NCCS(=O)(=O)N1CCSCC1.I. The molecule has 0 aliphatic carbocycles. The first kappa shape index (κ1) is 25.3. The van der Waals surface area contributed by atoms with Crippen LogP contribution in [0.25, 0.3) is 0 Å². The van der Waals surface area contributed by atoms with E-state index in [0.717, 1.165) is 29.2 Å². The van der Waals surface area contributed by atoms with E-state index in [1.54, 1.807) is 30.2 Å². The molecule has 1 fully saturated rings. The van der Waals surface area contributed by atoms with Crippen molar-refractivity contribution in [2.75, 3.05) is 57.6 Å². The molecule has 0 saturated carbocycles. The zero-order valence-electron chi connectivity index (χ0n) is 16.7. The average molecular weight is 543 g/mol. The molecule has 0 aromatic heterocycles. The maximum atomic E-state index is 12.3. The minimum atomic E-state index is -3.20. The van der Waals surface area contributed by atoms with Gasteiger partial charge < -0.3 is 15.4 Å². The van der Waals surface area contributed by atoms with Crippen LogP contribution in [0.1, 0.15) is 11.1 Å². The predicted octanol–water partition coefficient (Wildman–Crippen LogP) is 1.71. The van der Waals surface area contributed by atoms with Gasteiger partial charge in [-0.05, 0) is 30.5 Å². The molecular weight excluding hydrogens is 511 g/mol. The Labute approximate surface area is 190 Å². The Bertz CT molecular complexity index is 738. The molecule has 0 amide bonds. The molecule has 28 heavy (non-hydrogen) atoms. The largest absolute Gasteiger partial charge is 0.496 e.